The first-order valence-electron chi connectivity index (χ1n) is 10.5. The molecule has 0 aliphatic carbocycles. The van der Waals surface area contributed by atoms with Crippen molar-refractivity contribution in [2.24, 2.45) is 0 Å². The highest BCUT2D eigenvalue weighted by Gasteiger charge is 2.18. The second-order valence-electron chi connectivity index (χ2n) is 7.83. The molecule has 1 aliphatic heterocycles. The lowest BCUT2D eigenvalue weighted by atomic mass is 9.99. The summed E-state index contributed by atoms with van der Waals surface area (Å²) in [6.45, 7) is 8.14. The zero-order chi connectivity index (χ0) is 20.8. The van der Waals surface area contributed by atoms with E-state index in [0.717, 1.165) is 43.6 Å². The molecular weight excluding hydrogens is 378 g/mol. The van der Waals surface area contributed by atoms with Crippen LogP contribution in [0, 0.1) is 13.8 Å². The highest BCUT2D eigenvalue weighted by atomic mass is 32.1. The van der Waals surface area contributed by atoms with Crippen LogP contribution in [0.3, 0.4) is 0 Å². The lowest BCUT2D eigenvalue weighted by Gasteiger charge is -2.26. The van der Waals surface area contributed by atoms with Gasteiger partial charge in [0.15, 0.2) is 5.11 Å². The first-order valence-corrected chi connectivity index (χ1v) is 10.9. The lowest BCUT2D eigenvalue weighted by molar-refractivity contribution is 0.0724. The third-order valence-electron chi connectivity index (χ3n) is 5.68. The van der Waals surface area contributed by atoms with Gasteiger partial charge in [-0.2, -0.15) is 0 Å². The average molecular weight is 410 g/mol. The monoisotopic (exact) mass is 409 g/mol. The molecule has 2 N–H and O–H groups in total. The highest BCUT2D eigenvalue weighted by Crippen LogP contribution is 2.20. The predicted octanol–water partition coefficient (Wildman–Crippen LogP) is 5.37. The normalized spacial score (nSPS) is 14.9. The van der Waals surface area contributed by atoms with E-state index in [9.17, 15) is 4.79 Å². The number of carbonyl (C=O) groups is 1. The van der Waals surface area contributed by atoms with Crippen LogP contribution in [0.5, 0.6) is 0 Å². The Labute approximate surface area is 179 Å². The number of nitrogens with one attached hydrogen (secondary N) is 2. The van der Waals surface area contributed by atoms with Crippen molar-refractivity contribution in [1.29, 1.82) is 0 Å². The van der Waals surface area contributed by atoms with Crippen LogP contribution < -0.4 is 10.6 Å². The summed E-state index contributed by atoms with van der Waals surface area (Å²) in [7, 11) is 0. The van der Waals surface area contributed by atoms with E-state index in [4.69, 9.17) is 12.2 Å². The second kappa shape index (κ2) is 9.88. The standard InChI is InChI=1S/C24H31N3OS/c1-4-22(20-9-8-17(2)18(3)16-20)26-24(29)25-21-12-10-19(11-13-21)23(28)27-14-6-5-7-15-27/h8-13,16,22H,4-7,14-15H2,1-3H3,(H2,25,26,29)/t22-/m0/s1. The molecule has 1 heterocycles. The van der Waals surface area contributed by atoms with Crippen LogP contribution in [0.25, 0.3) is 0 Å². The highest BCUT2D eigenvalue weighted by molar-refractivity contribution is 7.80. The number of nitrogens with zero attached hydrogens (tertiary/aromatic N) is 1. The Bertz CT molecular complexity index is 857. The Balaban J connectivity index is 1.59. The first kappa shape index (κ1) is 21.3. The molecule has 0 radical (unpaired) electrons. The third kappa shape index (κ3) is 5.57. The van der Waals surface area contributed by atoms with E-state index in [0.29, 0.717) is 5.11 Å². The fourth-order valence-electron chi connectivity index (χ4n) is 3.70. The van der Waals surface area contributed by atoms with E-state index in [2.05, 4.69) is 49.6 Å². The van der Waals surface area contributed by atoms with Gasteiger partial charge >= 0.3 is 0 Å². The number of rotatable bonds is 5. The summed E-state index contributed by atoms with van der Waals surface area (Å²) < 4.78 is 0. The molecule has 0 spiro atoms. The van der Waals surface area contributed by atoms with Crippen LogP contribution >= 0.6 is 12.2 Å². The predicted molar refractivity (Wildman–Crippen MR) is 125 cm³/mol. The Hall–Kier alpha value is -2.40. The summed E-state index contributed by atoms with van der Waals surface area (Å²) in [6.07, 6.45) is 4.36. The van der Waals surface area contributed by atoms with Gasteiger partial charge in [0.2, 0.25) is 0 Å². The van der Waals surface area contributed by atoms with Crippen molar-refractivity contribution in [2.75, 3.05) is 18.4 Å². The first-order chi connectivity index (χ1) is 14.0. The summed E-state index contributed by atoms with van der Waals surface area (Å²) in [5.74, 6) is 0.123. The van der Waals surface area contributed by atoms with Crippen molar-refractivity contribution in [3.05, 3.63) is 64.7 Å². The van der Waals surface area contributed by atoms with Crippen LogP contribution in [0.15, 0.2) is 42.5 Å². The molecule has 2 aromatic rings. The molecule has 1 fully saturated rings. The molecule has 0 aromatic heterocycles. The minimum atomic E-state index is 0.123. The summed E-state index contributed by atoms with van der Waals surface area (Å²) in [5, 5.41) is 7.24. The summed E-state index contributed by atoms with van der Waals surface area (Å²) >= 11 is 5.53. The van der Waals surface area contributed by atoms with Gasteiger partial charge in [0.25, 0.3) is 5.91 Å². The van der Waals surface area contributed by atoms with Crippen LogP contribution in [0.2, 0.25) is 0 Å². The molecule has 1 atom stereocenters. The smallest absolute Gasteiger partial charge is 0.253 e. The second-order valence-corrected chi connectivity index (χ2v) is 8.24. The topological polar surface area (TPSA) is 44.4 Å². The third-order valence-corrected chi connectivity index (χ3v) is 5.90. The van der Waals surface area contributed by atoms with Crippen molar-refractivity contribution in [2.45, 2.75) is 52.5 Å². The van der Waals surface area contributed by atoms with Gasteiger partial charge in [-0.3, -0.25) is 4.79 Å². The number of aryl methyl sites for hydroxylation is 2. The molecule has 29 heavy (non-hydrogen) atoms. The number of amides is 1. The zero-order valence-corrected chi connectivity index (χ0v) is 18.4. The Kier molecular flexibility index (Phi) is 7.26. The molecule has 1 aliphatic rings. The minimum Gasteiger partial charge on any atom is -0.356 e. The van der Waals surface area contributed by atoms with Crippen molar-refractivity contribution < 1.29 is 4.79 Å². The maximum Gasteiger partial charge on any atom is 0.253 e. The van der Waals surface area contributed by atoms with Crippen LogP contribution in [0.4, 0.5) is 5.69 Å². The molecule has 5 heteroatoms. The van der Waals surface area contributed by atoms with E-state index in [1.54, 1.807) is 0 Å². The molecule has 2 aromatic carbocycles. The van der Waals surface area contributed by atoms with Crippen molar-refractivity contribution in [1.82, 2.24) is 10.2 Å². The molecule has 1 saturated heterocycles. The molecule has 1 amide bonds. The van der Waals surface area contributed by atoms with Crippen molar-refractivity contribution >= 4 is 28.9 Å². The van der Waals surface area contributed by atoms with Gasteiger partial charge in [0.05, 0.1) is 6.04 Å². The van der Waals surface area contributed by atoms with E-state index in [1.165, 1.54) is 23.1 Å². The lowest BCUT2D eigenvalue weighted by Crippen LogP contribution is -2.35. The maximum absolute atomic E-state index is 12.6. The number of benzene rings is 2. The van der Waals surface area contributed by atoms with Gasteiger partial charge in [-0.05, 0) is 92.7 Å². The molecule has 3 rings (SSSR count). The minimum absolute atomic E-state index is 0.123. The number of carbonyl (C=O) groups excluding carboxylic acids is 1. The van der Waals surface area contributed by atoms with Gasteiger partial charge in [0.1, 0.15) is 0 Å². The number of hydrogen-bond acceptors (Lipinski definition) is 2. The molecule has 0 saturated carbocycles. The molecule has 0 unspecified atom stereocenters. The summed E-state index contributed by atoms with van der Waals surface area (Å²) in [5.41, 5.74) is 5.44. The average Bonchev–Trinajstić information content (AvgIpc) is 2.74. The van der Waals surface area contributed by atoms with E-state index in [1.807, 2.05) is 29.2 Å². The molecular formula is C24H31N3OS. The van der Waals surface area contributed by atoms with Gasteiger partial charge in [-0.15, -0.1) is 0 Å². The van der Waals surface area contributed by atoms with Crippen LogP contribution in [0.1, 0.15) is 65.7 Å². The van der Waals surface area contributed by atoms with Crippen LogP contribution in [-0.4, -0.2) is 29.0 Å². The van der Waals surface area contributed by atoms with Gasteiger partial charge < -0.3 is 15.5 Å². The van der Waals surface area contributed by atoms with E-state index < -0.39 is 0 Å². The largest absolute Gasteiger partial charge is 0.356 e. The summed E-state index contributed by atoms with van der Waals surface area (Å²) in [6, 6.07) is 14.3. The van der Waals surface area contributed by atoms with Crippen molar-refractivity contribution in [3.63, 3.8) is 0 Å². The fourth-order valence-corrected chi connectivity index (χ4v) is 3.96. The van der Waals surface area contributed by atoms with E-state index in [-0.39, 0.29) is 11.9 Å². The maximum atomic E-state index is 12.6. The number of hydrogen-bond donors (Lipinski definition) is 2. The molecule has 0 bridgehead atoms. The van der Waals surface area contributed by atoms with Gasteiger partial charge in [0, 0.05) is 24.3 Å². The Morgan fingerprint density at radius 1 is 1.03 bits per heavy atom. The quantitative estimate of drug-likeness (QED) is 0.652. The van der Waals surface area contributed by atoms with Crippen LogP contribution in [-0.2, 0) is 0 Å². The van der Waals surface area contributed by atoms with E-state index >= 15 is 0 Å². The SMILES string of the molecule is CC[C@H](NC(=S)Nc1ccc(C(=O)N2CCCCC2)cc1)c1ccc(C)c(C)c1. The Morgan fingerprint density at radius 3 is 2.34 bits per heavy atom. The van der Waals surface area contributed by atoms with Crippen molar-refractivity contribution in [3.8, 4) is 0 Å². The van der Waals surface area contributed by atoms with Gasteiger partial charge in [-0.25, -0.2) is 0 Å². The Morgan fingerprint density at radius 2 is 1.72 bits per heavy atom. The number of piperidine rings is 1. The number of thiocarbonyl (C=S) groups is 1. The molecule has 4 nitrogen and oxygen atoms in total. The molecule has 154 valence electrons. The number of likely N-dealkylation sites (tertiary alicyclic amines) is 1. The van der Waals surface area contributed by atoms with Gasteiger partial charge in [-0.1, -0.05) is 25.1 Å². The number of anilines is 1. The summed E-state index contributed by atoms with van der Waals surface area (Å²) in [4.78, 5) is 14.5. The zero-order valence-electron chi connectivity index (χ0n) is 17.6. The fraction of sp³-hybridized carbons (Fsp3) is 0.417.